The molecule has 4 rings (SSSR count). The summed E-state index contributed by atoms with van der Waals surface area (Å²) in [5.74, 6) is 1.01. The van der Waals surface area contributed by atoms with Crippen LogP contribution in [0.1, 0.15) is 6.92 Å². The first-order valence-electron chi connectivity index (χ1n) is 8.94. The van der Waals surface area contributed by atoms with Crippen molar-refractivity contribution < 1.29 is 27.4 Å². The number of fused-ring (bicyclic) bond motifs is 2. The number of carbonyl (C=O) groups excluding carboxylic acids is 1. The molecule has 1 N–H and O–H groups in total. The minimum Gasteiger partial charge on any atom is -0.486 e. The molecule has 0 aromatic heterocycles. The molecule has 0 saturated carbocycles. The summed E-state index contributed by atoms with van der Waals surface area (Å²) in [6.45, 7) is 2.40. The fourth-order valence-electron chi connectivity index (χ4n) is 3.10. The first kappa shape index (κ1) is 18.4. The number of para-hydroxylation sites is 2. The molecule has 0 saturated heterocycles. The van der Waals surface area contributed by atoms with Crippen LogP contribution in [0, 0.1) is 0 Å². The number of nitrogens with one attached hydrogen (secondary N) is 1. The second-order valence-electron chi connectivity index (χ2n) is 6.35. The van der Waals surface area contributed by atoms with Crippen molar-refractivity contribution in [3.8, 4) is 17.2 Å². The third kappa shape index (κ3) is 3.45. The molecule has 9 heteroatoms. The number of ether oxygens (including phenoxy) is 3. The Morgan fingerprint density at radius 3 is 2.64 bits per heavy atom. The van der Waals surface area contributed by atoms with E-state index in [1.807, 2.05) is 0 Å². The zero-order valence-electron chi connectivity index (χ0n) is 15.3. The summed E-state index contributed by atoms with van der Waals surface area (Å²) in [6, 6.07) is 11.9. The molecule has 2 aliphatic heterocycles. The number of hydrogen-bond donors (Lipinski definition) is 1. The molecule has 2 aromatic rings. The Bertz CT molecular complexity index is 1010. The van der Waals surface area contributed by atoms with Crippen molar-refractivity contribution in [2.45, 2.75) is 13.0 Å². The number of rotatable bonds is 4. The van der Waals surface area contributed by atoms with Crippen molar-refractivity contribution in [2.24, 2.45) is 0 Å². The van der Waals surface area contributed by atoms with E-state index in [9.17, 15) is 13.2 Å². The highest BCUT2D eigenvalue weighted by Gasteiger charge is 2.36. The SMILES string of the molecule is CCS(=O)(=O)N1CC(C(=O)Nc2ccc3c(c2)OCCO3)Oc2ccccc21. The van der Waals surface area contributed by atoms with Crippen molar-refractivity contribution >= 4 is 27.3 Å². The van der Waals surface area contributed by atoms with Gasteiger partial charge in [-0.3, -0.25) is 9.10 Å². The van der Waals surface area contributed by atoms with Gasteiger partial charge in [0.2, 0.25) is 10.0 Å². The molecule has 148 valence electrons. The predicted octanol–water partition coefficient (Wildman–Crippen LogP) is 2.01. The summed E-state index contributed by atoms with van der Waals surface area (Å²) in [6.07, 6.45) is -0.982. The van der Waals surface area contributed by atoms with Gasteiger partial charge < -0.3 is 19.5 Å². The van der Waals surface area contributed by atoms with Gasteiger partial charge in [0.1, 0.15) is 19.0 Å². The van der Waals surface area contributed by atoms with Gasteiger partial charge in [0.15, 0.2) is 17.6 Å². The van der Waals surface area contributed by atoms with Crippen molar-refractivity contribution in [1.29, 1.82) is 0 Å². The van der Waals surface area contributed by atoms with Gasteiger partial charge in [-0.05, 0) is 31.2 Å². The smallest absolute Gasteiger partial charge is 0.267 e. The van der Waals surface area contributed by atoms with E-state index in [4.69, 9.17) is 14.2 Å². The summed E-state index contributed by atoms with van der Waals surface area (Å²) in [5.41, 5.74) is 0.953. The fraction of sp³-hybridized carbons (Fsp3) is 0.316. The molecule has 1 amide bonds. The summed E-state index contributed by atoms with van der Waals surface area (Å²) >= 11 is 0. The number of amides is 1. The normalized spacial score (nSPS) is 18.0. The van der Waals surface area contributed by atoms with Gasteiger partial charge in [-0.25, -0.2) is 8.42 Å². The highest BCUT2D eigenvalue weighted by atomic mass is 32.2. The van der Waals surface area contributed by atoms with Gasteiger partial charge in [0.05, 0.1) is 18.0 Å². The Kier molecular flexibility index (Phi) is 4.76. The van der Waals surface area contributed by atoms with Crippen LogP contribution in [0.5, 0.6) is 17.2 Å². The Morgan fingerprint density at radius 1 is 1.11 bits per heavy atom. The van der Waals surface area contributed by atoms with Crippen LogP contribution in [0.15, 0.2) is 42.5 Å². The molecule has 2 aliphatic rings. The second kappa shape index (κ2) is 7.23. The fourth-order valence-corrected chi connectivity index (χ4v) is 4.23. The highest BCUT2D eigenvalue weighted by molar-refractivity contribution is 7.92. The molecule has 0 radical (unpaired) electrons. The van der Waals surface area contributed by atoms with E-state index >= 15 is 0 Å². The first-order chi connectivity index (χ1) is 13.5. The zero-order chi connectivity index (χ0) is 19.7. The minimum atomic E-state index is -3.55. The van der Waals surface area contributed by atoms with Crippen LogP contribution in [0.3, 0.4) is 0 Å². The summed E-state index contributed by atoms with van der Waals surface area (Å²) in [4.78, 5) is 12.8. The molecular formula is C19H20N2O6S. The highest BCUT2D eigenvalue weighted by Crippen LogP contribution is 2.36. The van der Waals surface area contributed by atoms with E-state index in [0.29, 0.717) is 41.8 Å². The quantitative estimate of drug-likeness (QED) is 0.838. The second-order valence-corrected chi connectivity index (χ2v) is 8.54. The summed E-state index contributed by atoms with van der Waals surface area (Å²) in [5, 5.41) is 2.76. The molecule has 0 fully saturated rings. The van der Waals surface area contributed by atoms with Crippen LogP contribution in [0.4, 0.5) is 11.4 Å². The molecular weight excluding hydrogens is 384 g/mol. The Hall–Kier alpha value is -2.94. The Balaban J connectivity index is 1.57. The van der Waals surface area contributed by atoms with Crippen molar-refractivity contribution in [1.82, 2.24) is 0 Å². The van der Waals surface area contributed by atoms with Gasteiger partial charge in [-0.1, -0.05) is 12.1 Å². The van der Waals surface area contributed by atoms with Gasteiger partial charge >= 0.3 is 0 Å². The minimum absolute atomic E-state index is 0.0716. The first-order valence-corrected chi connectivity index (χ1v) is 10.6. The van der Waals surface area contributed by atoms with E-state index in [0.717, 1.165) is 0 Å². The van der Waals surface area contributed by atoms with E-state index in [1.54, 1.807) is 49.4 Å². The maximum Gasteiger partial charge on any atom is 0.267 e. The molecule has 0 bridgehead atoms. The van der Waals surface area contributed by atoms with Crippen molar-refractivity contribution in [3.63, 3.8) is 0 Å². The topological polar surface area (TPSA) is 94.2 Å². The van der Waals surface area contributed by atoms with Gasteiger partial charge in [0.25, 0.3) is 5.91 Å². The maximum atomic E-state index is 12.8. The number of nitrogens with zero attached hydrogens (tertiary/aromatic N) is 1. The van der Waals surface area contributed by atoms with Gasteiger partial charge in [-0.2, -0.15) is 0 Å². The number of benzene rings is 2. The number of hydrogen-bond acceptors (Lipinski definition) is 6. The van der Waals surface area contributed by atoms with E-state index in [2.05, 4.69) is 5.32 Å². The van der Waals surface area contributed by atoms with Gasteiger partial charge in [-0.15, -0.1) is 0 Å². The third-order valence-corrected chi connectivity index (χ3v) is 6.28. The average molecular weight is 404 g/mol. The van der Waals surface area contributed by atoms with E-state index < -0.39 is 22.0 Å². The lowest BCUT2D eigenvalue weighted by molar-refractivity contribution is -0.122. The summed E-state index contributed by atoms with van der Waals surface area (Å²) in [7, 11) is -3.55. The maximum absolute atomic E-state index is 12.8. The van der Waals surface area contributed by atoms with Crippen LogP contribution < -0.4 is 23.8 Å². The third-order valence-electron chi connectivity index (χ3n) is 4.54. The Morgan fingerprint density at radius 2 is 1.86 bits per heavy atom. The van der Waals surface area contributed by atoms with Crippen LogP contribution in [0.25, 0.3) is 0 Å². The lowest BCUT2D eigenvalue weighted by atomic mass is 10.2. The van der Waals surface area contributed by atoms with E-state index in [-0.39, 0.29) is 12.3 Å². The largest absolute Gasteiger partial charge is 0.486 e. The molecule has 2 aromatic carbocycles. The number of sulfonamides is 1. The molecule has 1 unspecified atom stereocenters. The molecule has 0 spiro atoms. The molecule has 1 atom stereocenters. The molecule has 0 aliphatic carbocycles. The number of carbonyl (C=O) groups is 1. The lowest BCUT2D eigenvalue weighted by Crippen LogP contribution is -2.49. The van der Waals surface area contributed by atoms with Crippen LogP contribution >= 0.6 is 0 Å². The monoisotopic (exact) mass is 404 g/mol. The predicted molar refractivity (Wildman–Crippen MR) is 104 cm³/mol. The van der Waals surface area contributed by atoms with Crippen molar-refractivity contribution in [3.05, 3.63) is 42.5 Å². The van der Waals surface area contributed by atoms with Crippen LogP contribution in [0.2, 0.25) is 0 Å². The Labute approximate surface area is 163 Å². The summed E-state index contributed by atoms with van der Waals surface area (Å²) < 4.78 is 43.0. The molecule has 2 heterocycles. The molecule has 8 nitrogen and oxygen atoms in total. The van der Waals surface area contributed by atoms with Gasteiger partial charge in [0, 0.05) is 11.8 Å². The van der Waals surface area contributed by atoms with Crippen LogP contribution in [-0.4, -0.2) is 45.9 Å². The zero-order valence-corrected chi connectivity index (χ0v) is 16.1. The number of anilines is 2. The van der Waals surface area contributed by atoms with Crippen LogP contribution in [-0.2, 0) is 14.8 Å². The standard InChI is InChI=1S/C19H20N2O6S/c1-2-28(23,24)21-12-18(27-15-6-4-3-5-14(15)21)19(22)20-13-7-8-16-17(11-13)26-10-9-25-16/h3-8,11,18H,2,9-10,12H2,1H3,(H,20,22). The molecule has 28 heavy (non-hydrogen) atoms. The lowest BCUT2D eigenvalue weighted by Gasteiger charge is -2.34. The average Bonchev–Trinajstić information content (AvgIpc) is 2.72. The van der Waals surface area contributed by atoms with Crippen molar-refractivity contribution in [2.75, 3.05) is 35.1 Å². The van der Waals surface area contributed by atoms with E-state index in [1.165, 1.54) is 4.31 Å².